The van der Waals surface area contributed by atoms with Crippen molar-refractivity contribution in [2.24, 2.45) is 17.8 Å². The van der Waals surface area contributed by atoms with Gasteiger partial charge < -0.3 is 4.90 Å². The number of rotatable bonds is 6. The molecule has 1 heteroatoms. The fourth-order valence-electron chi connectivity index (χ4n) is 5.67. The van der Waals surface area contributed by atoms with Gasteiger partial charge in [0.15, 0.2) is 0 Å². The molecule has 0 spiro atoms. The van der Waals surface area contributed by atoms with Crippen LogP contribution in [0.3, 0.4) is 0 Å². The van der Waals surface area contributed by atoms with Crippen molar-refractivity contribution in [2.45, 2.75) is 52.0 Å². The molecule has 0 amide bonds. The van der Waals surface area contributed by atoms with Crippen molar-refractivity contribution >= 4 is 0 Å². The molecule has 3 atom stereocenters. The van der Waals surface area contributed by atoms with Crippen LogP contribution in [0, 0.1) is 17.8 Å². The van der Waals surface area contributed by atoms with E-state index >= 15 is 0 Å². The SMILES string of the molecule is CC1C2CC=CC=C2N(CCCc2ccccc2)C(C)(C)C1Cc1ccccc1. The van der Waals surface area contributed by atoms with Gasteiger partial charge in [0.1, 0.15) is 0 Å². The second-order valence-electron chi connectivity index (χ2n) is 9.41. The summed E-state index contributed by atoms with van der Waals surface area (Å²) < 4.78 is 0. The number of hydrogen-bond donors (Lipinski definition) is 0. The van der Waals surface area contributed by atoms with E-state index in [0.29, 0.717) is 17.8 Å². The van der Waals surface area contributed by atoms with E-state index in [0.717, 1.165) is 19.4 Å². The Bertz CT molecular complexity index is 846. The molecule has 1 fully saturated rings. The average molecular weight is 386 g/mol. The van der Waals surface area contributed by atoms with Crippen LogP contribution in [0.5, 0.6) is 0 Å². The van der Waals surface area contributed by atoms with E-state index in [1.54, 1.807) is 5.70 Å². The topological polar surface area (TPSA) is 3.24 Å². The Kier molecular flexibility index (Phi) is 5.94. The van der Waals surface area contributed by atoms with E-state index in [1.165, 1.54) is 24.0 Å². The van der Waals surface area contributed by atoms with Crippen molar-refractivity contribution in [2.75, 3.05) is 6.54 Å². The molecule has 1 saturated heterocycles. The monoisotopic (exact) mass is 385 g/mol. The molecule has 3 unspecified atom stereocenters. The molecule has 1 heterocycles. The van der Waals surface area contributed by atoms with Crippen LogP contribution >= 0.6 is 0 Å². The smallest absolute Gasteiger partial charge is 0.0377 e. The molecule has 1 aliphatic heterocycles. The number of hydrogen-bond acceptors (Lipinski definition) is 1. The number of allylic oxidation sites excluding steroid dienone is 4. The van der Waals surface area contributed by atoms with E-state index in [9.17, 15) is 0 Å². The summed E-state index contributed by atoms with van der Waals surface area (Å²) in [5.74, 6) is 1.99. The summed E-state index contributed by atoms with van der Waals surface area (Å²) >= 11 is 0. The summed E-state index contributed by atoms with van der Waals surface area (Å²) in [6.45, 7) is 8.59. The fraction of sp³-hybridized carbons (Fsp3) is 0.429. The van der Waals surface area contributed by atoms with Crippen LogP contribution in [0.25, 0.3) is 0 Å². The molecule has 4 rings (SSSR count). The van der Waals surface area contributed by atoms with E-state index in [1.807, 2.05) is 0 Å². The number of nitrogens with zero attached hydrogens (tertiary/aromatic N) is 1. The van der Waals surface area contributed by atoms with Crippen LogP contribution in [0.15, 0.2) is 84.6 Å². The van der Waals surface area contributed by atoms with Gasteiger partial charge in [0, 0.05) is 23.7 Å². The number of aryl methyl sites for hydroxylation is 1. The summed E-state index contributed by atoms with van der Waals surface area (Å²) in [5, 5.41) is 0. The molecule has 2 aromatic carbocycles. The minimum absolute atomic E-state index is 0.152. The van der Waals surface area contributed by atoms with Crippen LogP contribution in [-0.4, -0.2) is 17.0 Å². The highest BCUT2D eigenvalue weighted by Crippen LogP contribution is 2.49. The zero-order valence-electron chi connectivity index (χ0n) is 18.2. The molecule has 0 N–H and O–H groups in total. The first-order valence-corrected chi connectivity index (χ1v) is 11.3. The third-order valence-corrected chi connectivity index (χ3v) is 7.35. The maximum absolute atomic E-state index is 2.76. The summed E-state index contributed by atoms with van der Waals surface area (Å²) in [6, 6.07) is 22.0. The second-order valence-corrected chi connectivity index (χ2v) is 9.41. The molecule has 1 aliphatic carbocycles. The lowest BCUT2D eigenvalue weighted by Crippen LogP contribution is -2.58. The van der Waals surface area contributed by atoms with Crippen molar-refractivity contribution in [3.05, 3.63) is 95.7 Å². The third-order valence-electron chi connectivity index (χ3n) is 7.35. The minimum atomic E-state index is 0.152. The van der Waals surface area contributed by atoms with Crippen LogP contribution in [0.2, 0.25) is 0 Å². The molecule has 0 aromatic heterocycles. The predicted octanol–water partition coefficient (Wildman–Crippen LogP) is 6.67. The first-order valence-electron chi connectivity index (χ1n) is 11.3. The Balaban J connectivity index is 1.56. The molecule has 29 heavy (non-hydrogen) atoms. The third kappa shape index (κ3) is 4.20. The van der Waals surface area contributed by atoms with Crippen LogP contribution in [0.1, 0.15) is 44.7 Å². The number of likely N-dealkylation sites (tertiary alicyclic amines) is 1. The highest BCUT2D eigenvalue weighted by Gasteiger charge is 2.48. The van der Waals surface area contributed by atoms with Gasteiger partial charge in [-0.15, -0.1) is 0 Å². The number of benzene rings is 2. The Labute approximate surface area is 177 Å². The van der Waals surface area contributed by atoms with E-state index in [2.05, 4.69) is 105 Å². The van der Waals surface area contributed by atoms with Crippen molar-refractivity contribution in [3.8, 4) is 0 Å². The highest BCUT2D eigenvalue weighted by atomic mass is 15.2. The van der Waals surface area contributed by atoms with Crippen molar-refractivity contribution in [3.63, 3.8) is 0 Å². The highest BCUT2D eigenvalue weighted by molar-refractivity contribution is 5.28. The van der Waals surface area contributed by atoms with Crippen molar-refractivity contribution in [1.82, 2.24) is 4.90 Å². The Morgan fingerprint density at radius 3 is 2.28 bits per heavy atom. The molecule has 2 aromatic rings. The van der Waals surface area contributed by atoms with E-state index in [-0.39, 0.29) is 5.54 Å². The quantitative estimate of drug-likeness (QED) is 0.537. The van der Waals surface area contributed by atoms with Gasteiger partial charge in [-0.05, 0) is 68.6 Å². The van der Waals surface area contributed by atoms with Gasteiger partial charge in [-0.3, -0.25) is 0 Å². The van der Waals surface area contributed by atoms with Gasteiger partial charge in [0.2, 0.25) is 0 Å². The second kappa shape index (κ2) is 8.61. The Morgan fingerprint density at radius 2 is 1.59 bits per heavy atom. The maximum Gasteiger partial charge on any atom is 0.0377 e. The standard InChI is InChI=1S/C28H35N/c1-22-25-18-10-11-19-27(25)29(20-12-17-23-13-6-4-7-14-23)28(2,3)26(22)21-24-15-8-5-9-16-24/h4-11,13-16,19,22,25-26H,12,17-18,20-21H2,1-3H3. The van der Waals surface area contributed by atoms with Gasteiger partial charge in [0.25, 0.3) is 0 Å². The zero-order valence-corrected chi connectivity index (χ0v) is 18.2. The summed E-state index contributed by atoms with van der Waals surface area (Å²) in [7, 11) is 0. The molecule has 2 aliphatic rings. The van der Waals surface area contributed by atoms with Crippen LogP contribution < -0.4 is 0 Å². The molecular weight excluding hydrogens is 350 g/mol. The largest absolute Gasteiger partial charge is 0.369 e. The van der Waals surface area contributed by atoms with Crippen molar-refractivity contribution in [1.29, 1.82) is 0 Å². The molecule has 0 bridgehead atoms. The Morgan fingerprint density at radius 1 is 0.931 bits per heavy atom. The van der Waals surface area contributed by atoms with Gasteiger partial charge in [0.05, 0.1) is 0 Å². The predicted molar refractivity (Wildman–Crippen MR) is 124 cm³/mol. The molecule has 152 valence electrons. The van der Waals surface area contributed by atoms with E-state index in [4.69, 9.17) is 0 Å². The molecule has 1 nitrogen and oxygen atoms in total. The van der Waals surface area contributed by atoms with Gasteiger partial charge >= 0.3 is 0 Å². The van der Waals surface area contributed by atoms with Crippen LogP contribution in [0.4, 0.5) is 0 Å². The van der Waals surface area contributed by atoms with Crippen LogP contribution in [-0.2, 0) is 12.8 Å². The molecular formula is C28H35N. The van der Waals surface area contributed by atoms with Gasteiger partial charge in [-0.2, -0.15) is 0 Å². The molecule has 0 radical (unpaired) electrons. The average Bonchev–Trinajstić information content (AvgIpc) is 2.75. The zero-order chi connectivity index (χ0) is 20.3. The van der Waals surface area contributed by atoms with E-state index < -0.39 is 0 Å². The summed E-state index contributed by atoms with van der Waals surface area (Å²) in [5.41, 5.74) is 4.65. The maximum atomic E-state index is 2.76. The molecule has 0 saturated carbocycles. The van der Waals surface area contributed by atoms with Gasteiger partial charge in [-0.1, -0.05) is 79.7 Å². The lowest BCUT2D eigenvalue weighted by molar-refractivity contribution is -0.00679. The lowest BCUT2D eigenvalue weighted by atomic mass is 9.63. The van der Waals surface area contributed by atoms with Crippen molar-refractivity contribution < 1.29 is 0 Å². The van der Waals surface area contributed by atoms with Gasteiger partial charge in [-0.25, -0.2) is 0 Å². The summed E-state index contributed by atoms with van der Waals surface area (Å²) in [6.07, 6.45) is 11.7. The Hall–Kier alpha value is -2.28. The normalized spacial score (nSPS) is 25.4. The number of piperidine rings is 1. The lowest BCUT2D eigenvalue weighted by Gasteiger charge is -2.57. The first-order chi connectivity index (χ1) is 14.1. The first kappa shape index (κ1) is 20.0. The summed E-state index contributed by atoms with van der Waals surface area (Å²) in [4.78, 5) is 2.76. The minimum Gasteiger partial charge on any atom is -0.369 e. The fourth-order valence-corrected chi connectivity index (χ4v) is 5.67. The number of fused-ring (bicyclic) bond motifs is 1.